The molecule has 0 spiro atoms. The molecule has 2 aliphatic rings. The lowest BCUT2D eigenvalue weighted by Gasteiger charge is -2.34. The molecule has 1 aromatic rings. The minimum Gasteiger partial charge on any atom is -0.396 e. The maximum Gasteiger partial charge on any atom is 0.293 e. The first-order chi connectivity index (χ1) is 12.2. The highest BCUT2D eigenvalue weighted by atomic mass is 32.2. The molecule has 140 valence electrons. The summed E-state index contributed by atoms with van der Waals surface area (Å²) in [5, 5.41) is 13.6. The van der Waals surface area contributed by atoms with Crippen LogP contribution in [0, 0.1) is 6.92 Å². The minimum atomic E-state index is -0.0271. The van der Waals surface area contributed by atoms with Crippen molar-refractivity contribution in [3.05, 3.63) is 11.5 Å². The summed E-state index contributed by atoms with van der Waals surface area (Å²) in [4.78, 5) is 18.0. The fraction of sp³-hybridized carbons (Fsp3) is 0.778. The molecule has 2 fully saturated rings. The second-order valence-corrected chi connectivity index (χ2v) is 8.33. The molecule has 1 amide bonds. The number of hydrogen-bond donors (Lipinski definition) is 1. The Labute approximate surface area is 153 Å². The van der Waals surface area contributed by atoms with Crippen LogP contribution in [0.15, 0.2) is 9.42 Å². The normalized spacial score (nSPS) is 20.2. The van der Waals surface area contributed by atoms with Gasteiger partial charge in [0.1, 0.15) is 0 Å². The topological polar surface area (TPSA) is 69.8 Å². The monoisotopic (exact) mass is 367 g/mol. The van der Waals surface area contributed by atoms with Crippen LogP contribution in [0.5, 0.6) is 0 Å². The smallest absolute Gasteiger partial charge is 0.293 e. The highest BCUT2D eigenvalue weighted by molar-refractivity contribution is 8.00. The van der Waals surface area contributed by atoms with Gasteiger partial charge >= 0.3 is 0 Å². The van der Waals surface area contributed by atoms with Gasteiger partial charge < -0.3 is 14.5 Å². The number of nitrogens with zero attached hydrogens (tertiary/aromatic N) is 3. The highest BCUT2D eigenvalue weighted by Gasteiger charge is 2.29. The van der Waals surface area contributed by atoms with Gasteiger partial charge in [0.2, 0.25) is 5.76 Å². The van der Waals surface area contributed by atoms with E-state index in [9.17, 15) is 4.79 Å². The van der Waals surface area contributed by atoms with Crippen LogP contribution < -0.4 is 0 Å². The van der Waals surface area contributed by atoms with Gasteiger partial charge in [-0.25, -0.2) is 0 Å². The maximum atomic E-state index is 12.9. The molecule has 0 atom stereocenters. The molecular weight excluding hydrogens is 338 g/mol. The molecular formula is C18H29N3O3S. The number of rotatable bonds is 6. The van der Waals surface area contributed by atoms with E-state index in [4.69, 9.17) is 9.63 Å². The van der Waals surface area contributed by atoms with Crippen LogP contribution in [0.1, 0.15) is 54.8 Å². The fourth-order valence-corrected chi connectivity index (χ4v) is 4.94. The number of aliphatic hydroxyl groups excluding tert-OH is 1. The standard InChI is InChI=1S/C18H29N3O3S/c1-14-17(25-15-6-3-2-4-7-15)16(24-19-14)18(23)21-11-9-20(10-12-21)8-5-13-22/h15,22H,2-13H2,1H3. The number of hydrogen-bond acceptors (Lipinski definition) is 6. The lowest BCUT2D eigenvalue weighted by molar-refractivity contribution is 0.0585. The van der Waals surface area contributed by atoms with Gasteiger partial charge in [-0.15, -0.1) is 11.8 Å². The molecule has 1 saturated heterocycles. The summed E-state index contributed by atoms with van der Waals surface area (Å²) in [6.07, 6.45) is 7.10. The van der Waals surface area contributed by atoms with Crippen molar-refractivity contribution >= 4 is 17.7 Å². The number of amides is 1. The number of thioether (sulfide) groups is 1. The van der Waals surface area contributed by atoms with Gasteiger partial charge in [-0.2, -0.15) is 0 Å². The molecule has 25 heavy (non-hydrogen) atoms. The fourth-order valence-electron chi connectivity index (χ4n) is 3.60. The number of aliphatic hydroxyl groups is 1. The summed E-state index contributed by atoms with van der Waals surface area (Å²) >= 11 is 1.79. The summed E-state index contributed by atoms with van der Waals surface area (Å²) < 4.78 is 5.44. The molecule has 0 radical (unpaired) electrons. The Morgan fingerprint density at radius 3 is 2.64 bits per heavy atom. The van der Waals surface area contributed by atoms with Crippen molar-refractivity contribution in [1.82, 2.24) is 15.0 Å². The van der Waals surface area contributed by atoms with E-state index in [1.54, 1.807) is 11.8 Å². The van der Waals surface area contributed by atoms with Gasteiger partial charge in [0.05, 0.1) is 10.6 Å². The van der Waals surface area contributed by atoms with Crippen molar-refractivity contribution in [2.24, 2.45) is 0 Å². The number of carbonyl (C=O) groups is 1. The summed E-state index contributed by atoms with van der Waals surface area (Å²) in [7, 11) is 0. The number of aromatic nitrogens is 1. The van der Waals surface area contributed by atoms with Crippen molar-refractivity contribution in [1.29, 1.82) is 0 Å². The quantitative estimate of drug-likeness (QED) is 0.833. The Morgan fingerprint density at radius 2 is 1.96 bits per heavy atom. The number of piperazine rings is 1. The molecule has 1 aliphatic carbocycles. The van der Waals surface area contributed by atoms with E-state index in [1.165, 1.54) is 32.1 Å². The highest BCUT2D eigenvalue weighted by Crippen LogP contribution is 2.37. The van der Waals surface area contributed by atoms with E-state index >= 15 is 0 Å². The molecule has 0 bridgehead atoms. The molecule has 0 unspecified atom stereocenters. The third kappa shape index (κ3) is 4.77. The van der Waals surface area contributed by atoms with E-state index in [0.717, 1.165) is 36.6 Å². The average molecular weight is 368 g/mol. The molecule has 3 rings (SSSR count). The summed E-state index contributed by atoms with van der Waals surface area (Å²) in [6.45, 7) is 6.16. The molecule has 6 nitrogen and oxygen atoms in total. The van der Waals surface area contributed by atoms with E-state index in [0.29, 0.717) is 24.1 Å². The van der Waals surface area contributed by atoms with Gasteiger partial charge in [0.15, 0.2) is 0 Å². The second-order valence-electron chi connectivity index (χ2n) is 7.02. The first-order valence-electron chi connectivity index (χ1n) is 9.44. The molecule has 2 heterocycles. The SMILES string of the molecule is Cc1noc(C(=O)N2CCN(CCCO)CC2)c1SC1CCCCC1. The lowest BCUT2D eigenvalue weighted by atomic mass is 10.0. The van der Waals surface area contributed by atoms with Crippen molar-refractivity contribution in [2.45, 2.75) is 55.6 Å². The van der Waals surface area contributed by atoms with Crippen molar-refractivity contribution in [2.75, 3.05) is 39.3 Å². The Hall–Kier alpha value is -1.05. The Morgan fingerprint density at radius 1 is 1.24 bits per heavy atom. The van der Waals surface area contributed by atoms with Crippen LogP contribution in [0.3, 0.4) is 0 Å². The lowest BCUT2D eigenvalue weighted by Crippen LogP contribution is -2.49. The van der Waals surface area contributed by atoms with Crippen LogP contribution in [0.4, 0.5) is 0 Å². The van der Waals surface area contributed by atoms with Crippen LogP contribution in [-0.4, -0.2) is 70.6 Å². The minimum absolute atomic E-state index is 0.0271. The molecule has 1 aromatic heterocycles. The van der Waals surface area contributed by atoms with Gasteiger partial charge in [-0.3, -0.25) is 9.69 Å². The van der Waals surface area contributed by atoms with E-state index < -0.39 is 0 Å². The van der Waals surface area contributed by atoms with Crippen molar-refractivity contribution in [3.8, 4) is 0 Å². The van der Waals surface area contributed by atoms with Gasteiger partial charge in [-0.05, 0) is 26.2 Å². The summed E-state index contributed by atoms with van der Waals surface area (Å²) in [5.41, 5.74) is 0.834. The molecule has 0 aromatic carbocycles. The molecule has 7 heteroatoms. The van der Waals surface area contributed by atoms with Gasteiger partial charge in [-0.1, -0.05) is 24.4 Å². The third-order valence-electron chi connectivity index (χ3n) is 5.13. The third-order valence-corrected chi connectivity index (χ3v) is 6.65. The summed E-state index contributed by atoms with van der Waals surface area (Å²) in [6, 6.07) is 0. The van der Waals surface area contributed by atoms with Crippen molar-refractivity contribution < 1.29 is 14.4 Å². The zero-order valence-electron chi connectivity index (χ0n) is 15.1. The largest absolute Gasteiger partial charge is 0.396 e. The van der Waals surface area contributed by atoms with Crippen LogP contribution in [0.2, 0.25) is 0 Å². The number of carbonyl (C=O) groups excluding carboxylic acids is 1. The van der Waals surface area contributed by atoms with Gasteiger partial charge in [0, 0.05) is 44.6 Å². The van der Waals surface area contributed by atoms with Crippen LogP contribution in [-0.2, 0) is 0 Å². The zero-order valence-corrected chi connectivity index (χ0v) is 15.9. The predicted molar refractivity (Wildman–Crippen MR) is 98.0 cm³/mol. The second kappa shape index (κ2) is 9.05. The Kier molecular flexibility index (Phi) is 6.78. The van der Waals surface area contributed by atoms with Crippen molar-refractivity contribution in [3.63, 3.8) is 0 Å². The Bertz CT molecular complexity index is 564. The van der Waals surface area contributed by atoms with Crippen LogP contribution >= 0.6 is 11.8 Å². The first-order valence-corrected chi connectivity index (χ1v) is 10.3. The number of aryl methyl sites for hydroxylation is 1. The van der Waals surface area contributed by atoms with E-state index in [-0.39, 0.29) is 12.5 Å². The zero-order chi connectivity index (χ0) is 17.6. The van der Waals surface area contributed by atoms with Crippen LogP contribution in [0.25, 0.3) is 0 Å². The molecule has 1 N–H and O–H groups in total. The Balaban J connectivity index is 1.61. The first kappa shape index (κ1) is 18.7. The van der Waals surface area contributed by atoms with Gasteiger partial charge in [0.25, 0.3) is 5.91 Å². The van der Waals surface area contributed by atoms with E-state index in [1.807, 2.05) is 11.8 Å². The van der Waals surface area contributed by atoms with E-state index in [2.05, 4.69) is 10.1 Å². The molecule has 1 aliphatic heterocycles. The predicted octanol–water partition coefficient (Wildman–Crippen LogP) is 2.55. The average Bonchev–Trinajstić information content (AvgIpc) is 3.01. The maximum absolute atomic E-state index is 12.9. The molecule has 1 saturated carbocycles. The summed E-state index contributed by atoms with van der Waals surface area (Å²) in [5.74, 6) is 0.401.